The number of allylic oxidation sites excluding steroid dienone is 1. The third-order valence-corrected chi connectivity index (χ3v) is 7.17. The van der Waals surface area contributed by atoms with Gasteiger partial charge in [0, 0.05) is 25.9 Å². The van der Waals surface area contributed by atoms with E-state index in [0.29, 0.717) is 12.5 Å². The van der Waals surface area contributed by atoms with Crippen molar-refractivity contribution >= 4 is 0 Å². The van der Waals surface area contributed by atoms with Crippen LogP contribution in [0.15, 0.2) is 70.9 Å². The highest BCUT2D eigenvalue weighted by atomic mass is 16.5. The van der Waals surface area contributed by atoms with Crippen molar-refractivity contribution in [3.05, 3.63) is 95.6 Å². The molecular formula is C35H49N2O4. The number of hydrogen-bond acceptors (Lipinski definition) is 6. The van der Waals surface area contributed by atoms with Gasteiger partial charge >= 0.3 is 0 Å². The monoisotopic (exact) mass is 561 g/mol. The molecule has 3 aromatic rings. The summed E-state index contributed by atoms with van der Waals surface area (Å²) in [5, 5.41) is 0. The van der Waals surface area contributed by atoms with Gasteiger partial charge in [-0.15, -0.1) is 0 Å². The van der Waals surface area contributed by atoms with Crippen LogP contribution >= 0.6 is 0 Å². The highest BCUT2D eigenvalue weighted by Crippen LogP contribution is 2.21. The average molecular weight is 562 g/mol. The van der Waals surface area contributed by atoms with Crippen molar-refractivity contribution in [3.63, 3.8) is 0 Å². The van der Waals surface area contributed by atoms with Crippen LogP contribution in [0.5, 0.6) is 11.5 Å². The quantitative estimate of drug-likeness (QED) is 0.150. The molecule has 1 heterocycles. The summed E-state index contributed by atoms with van der Waals surface area (Å²) in [6.45, 7) is 11.1. The van der Waals surface area contributed by atoms with Gasteiger partial charge < -0.3 is 23.5 Å². The topological polar surface area (TPSA) is 57.0 Å². The smallest absolute Gasteiger partial charge is 0.194 e. The standard InChI is InChI=1S/C26H37N2O3.C9H12O/c1-4-13-28(14-12-22-9-10-22)15-16-30-19-24-20-31-26(27-24)11-8-21(2)17-23-6-5-7-25(18-23)29-3;1-3-8-5-4-6-9(7-8)10-2/h5-7,9-10,18,20-21H,4,8,11-17,19H2,1-3H3;4-7H,3H2,1-2H3. The van der Waals surface area contributed by atoms with Crippen molar-refractivity contribution in [1.29, 1.82) is 0 Å². The molecule has 0 fully saturated rings. The van der Waals surface area contributed by atoms with E-state index >= 15 is 0 Å². The van der Waals surface area contributed by atoms with Crippen LogP contribution in [0.3, 0.4) is 0 Å². The molecule has 6 nitrogen and oxygen atoms in total. The van der Waals surface area contributed by atoms with Gasteiger partial charge in [0.15, 0.2) is 5.89 Å². The minimum absolute atomic E-state index is 0.516. The summed E-state index contributed by atoms with van der Waals surface area (Å²) in [4.78, 5) is 7.08. The number of hydrogen-bond donors (Lipinski definition) is 0. The Bertz CT molecular complexity index is 1150. The molecule has 6 heteroatoms. The Hall–Kier alpha value is -3.09. The molecule has 0 saturated heterocycles. The molecule has 1 unspecified atom stereocenters. The van der Waals surface area contributed by atoms with Gasteiger partial charge in [-0.25, -0.2) is 4.98 Å². The summed E-state index contributed by atoms with van der Waals surface area (Å²) in [5.74, 6) is 3.21. The molecular weight excluding hydrogens is 512 g/mol. The Morgan fingerprint density at radius 2 is 1.61 bits per heavy atom. The third-order valence-electron chi connectivity index (χ3n) is 7.17. The van der Waals surface area contributed by atoms with Crippen LogP contribution in [0.2, 0.25) is 0 Å². The highest BCUT2D eigenvalue weighted by molar-refractivity contribution is 5.38. The first kappa shape index (κ1) is 32.4. The molecule has 0 saturated carbocycles. The maximum Gasteiger partial charge on any atom is 0.194 e. The lowest BCUT2D eigenvalue weighted by Gasteiger charge is -2.20. The fourth-order valence-corrected chi connectivity index (χ4v) is 4.63. The maximum atomic E-state index is 5.86. The highest BCUT2D eigenvalue weighted by Gasteiger charge is 2.12. The van der Waals surface area contributed by atoms with Crippen LogP contribution in [-0.2, 0) is 30.6 Å². The summed E-state index contributed by atoms with van der Waals surface area (Å²) in [5.41, 5.74) is 4.99. The Labute approximate surface area is 247 Å². The molecule has 1 aliphatic rings. The summed E-state index contributed by atoms with van der Waals surface area (Å²) in [6.07, 6.45) is 12.4. The lowest BCUT2D eigenvalue weighted by molar-refractivity contribution is 0.0908. The number of oxazole rings is 1. The van der Waals surface area contributed by atoms with Crippen LogP contribution in [-0.4, -0.2) is 50.3 Å². The average Bonchev–Trinajstić information content (AvgIpc) is 3.73. The lowest BCUT2D eigenvalue weighted by Crippen LogP contribution is -2.29. The number of aromatic nitrogens is 1. The first-order valence-electron chi connectivity index (χ1n) is 15.1. The van der Waals surface area contributed by atoms with Crippen LogP contribution in [0, 0.1) is 12.3 Å². The van der Waals surface area contributed by atoms with Gasteiger partial charge in [-0.1, -0.05) is 56.7 Å². The largest absolute Gasteiger partial charge is 0.497 e. The van der Waals surface area contributed by atoms with Crippen molar-refractivity contribution in [2.45, 2.75) is 65.9 Å². The predicted octanol–water partition coefficient (Wildman–Crippen LogP) is 7.52. The SMILES string of the molecule is CCCN(CCOCc1coc(CCC(C)Cc2cccc(OC)c2)n1)CCC1=C[CH]1.CCc1cccc(OC)c1. The molecule has 1 aromatic heterocycles. The van der Waals surface area contributed by atoms with Gasteiger partial charge in [0.05, 0.1) is 27.4 Å². The summed E-state index contributed by atoms with van der Waals surface area (Å²) in [6, 6.07) is 16.4. The molecule has 1 atom stereocenters. The number of ether oxygens (including phenoxy) is 3. The second kappa shape index (κ2) is 18.4. The second-order valence-corrected chi connectivity index (χ2v) is 10.7. The normalized spacial score (nSPS) is 12.9. The minimum atomic E-state index is 0.516. The van der Waals surface area contributed by atoms with E-state index in [4.69, 9.17) is 18.6 Å². The Morgan fingerprint density at radius 3 is 2.27 bits per heavy atom. The van der Waals surface area contributed by atoms with E-state index in [9.17, 15) is 0 Å². The maximum absolute atomic E-state index is 5.86. The zero-order valence-corrected chi connectivity index (χ0v) is 25.7. The fraction of sp³-hybridized carbons (Fsp3) is 0.486. The summed E-state index contributed by atoms with van der Waals surface area (Å²) >= 11 is 0. The Balaban J connectivity index is 0.000000389. The molecule has 41 heavy (non-hydrogen) atoms. The van der Waals surface area contributed by atoms with Crippen LogP contribution < -0.4 is 9.47 Å². The Kier molecular flexibility index (Phi) is 14.5. The van der Waals surface area contributed by atoms with Gasteiger partial charge in [0.2, 0.25) is 0 Å². The summed E-state index contributed by atoms with van der Waals surface area (Å²) in [7, 11) is 3.40. The molecule has 0 spiro atoms. The van der Waals surface area contributed by atoms with E-state index in [1.807, 2.05) is 24.3 Å². The first-order valence-corrected chi connectivity index (χ1v) is 15.1. The number of methoxy groups -OCH3 is 2. The number of rotatable bonds is 18. The summed E-state index contributed by atoms with van der Waals surface area (Å²) < 4.78 is 21.9. The molecule has 0 N–H and O–H groups in total. The lowest BCUT2D eigenvalue weighted by atomic mass is 9.96. The van der Waals surface area contributed by atoms with Crippen molar-refractivity contribution in [2.24, 2.45) is 5.92 Å². The number of aryl methyl sites for hydroxylation is 2. The van der Waals surface area contributed by atoms with E-state index in [2.05, 4.69) is 67.4 Å². The van der Waals surface area contributed by atoms with E-state index in [1.54, 1.807) is 20.5 Å². The van der Waals surface area contributed by atoms with Crippen molar-refractivity contribution in [3.8, 4) is 11.5 Å². The second-order valence-electron chi connectivity index (χ2n) is 10.7. The van der Waals surface area contributed by atoms with Gasteiger partial charge in [-0.05, 0) is 80.0 Å². The molecule has 1 aliphatic carbocycles. The zero-order chi connectivity index (χ0) is 29.3. The molecule has 0 amide bonds. The van der Waals surface area contributed by atoms with Gasteiger partial charge in [-0.2, -0.15) is 0 Å². The van der Waals surface area contributed by atoms with Crippen molar-refractivity contribution in [2.75, 3.05) is 40.5 Å². The van der Waals surface area contributed by atoms with Crippen molar-refractivity contribution in [1.82, 2.24) is 9.88 Å². The number of nitrogens with zero attached hydrogens (tertiary/aromatic N) is 2. The third kappa shape index (κ3) is 13.0. The Morgan fingerprint density at radius 1 is 0.902 bits per heavy atom. The van der Waals surface area contributed by atoms with E-state index in [1.165, 1.54) is 23.1 Å². The van der Waals surface area contributed by atoms with Crippen LogP contribution in [0.1, 0.15) is 62.7 Å². The van der Waals surface area contributed by atoms with E-state index in [-0.39, 0.29) is 0 Å². The van der Waals surface area contributed by atoms with Gasteiger partial charge in [0.25, 0.3) is 0 Å². The minimum Gasteiger partial charge on any atom is -0.497 e. The fourth-order valence-electron chi connectivity index (χ4n) is 4.63. The zero-order valence-electron chi connectivity index (χ0n) is 25.7. The van der Waals surface area contributed by atoms with E-state index in [0.717, 1.165) is 81.4 Å². The first-order chi connectivity index (χ1) is 20.0. The van der Waals surface area contributed by atoms with E-state index < -0.39 is 0 Å². The van der Waals surface area contributed by atoms with Gasteiger partial charge in [0.1, 0.15) is 23.5 Å². The van der Waals surface area contributed by atoms with Crippen molar-refractivity contribution < 1.29 is 18.6 Å². The molecule has 4 rings (SSSR count). The molecule has 0 aliphatic heterocycles. The molecule has 2 aromatic carbocycles. The molecule has 1 radical (unpaired) electrons. The molecule has 0 bridgehead atoms. The van der Waals surface area contributed by atoms with Crippen LogP contribution in [0.4, 0.5) is 0 Å². The molecule has 223 valence electrons. The number of benzene rings is 2. The van der Waals surface area contributed by atoms with Gasteiger partial charge in [-0.3, -0.25) is 0 Å². The predicted molar refractivity (Wildman–Crippen MR) is 166 cm³/mol. The van der Waals surface area contributed by atoms with Crippen LogP contribution in [0.25, 0.3) is 0 Å².